The molecule has 0 unspecified atom stereocenters. The Morgan fingerprint density at radius 3 is 2.50 bits per heavy atom. The summed E-state index contributed by atoms with van der Waals surface area (Å²) in [5.74, 6) is -0.720. The van der Waals surface area contributed by atoms with Gasteiger partial charge in [0.15, 0.2) is 0 Å². The normalized spacial score (nSPS) is 10.5. The number of amides is 2. The van der Waals surface area contributed by atoms with Gasteiger partial charge in [0, 0.05) is 40.7 Å². The van der Waals surface area contributed by atoms with Crippen molar-refractivity contribution in [3.05, 3.63) is 68.7 Å². The number of anilines is 1. The van der Waals surface area contributed by atoms with Gasteiger partial charge in [-0.25, -0.2) is 5.43 Å². The predicted octanol–water partition coefficient (Wildman–Crippen LogP) is 3.23. The van der Waals surface area contributed by atoms with Crippen molar-refractivity contribution in [1.29, 1.82) is 0 Å². The minimum absolute atomic E-state index is 0.00816. The molecule has 0 saturated heterocycles. The molecule has 0 bridgehead atoms. The third-order valence-corrected chi connectivity index (χ3v) is 3.72. The Kier molecular flexibility index (Phi) is 6.98. The number of benzene rings is 2. The first-order chi connectivity index (χ1) is 12.4. The van der Waals surface area contributed by atoms with Crippen LogP contribution in [0, 0.1) is 10.1 Å². The highest BCUT2D eigenvalue weighted by Crippen LogP contribution is 2.14. The molecular weight excluding hydrogens is 404 g/mol. The van der Waals surface area contributed by atoms with Crippen LogP contribution in [0.3, 0.4) is 0 Å². The molecule has 2 N–H and O–H groups in total. The lowest BCUT2D eigenvalue weighted by atomic mass is 10.2. The largest absolute Gasteiger partial charge is 0.326 e. The topological polar surface area (TPSA) is 114 Å². The quantitative estimate of drug-likeness (QED) is 0.408. The Bertz CT molecular complexity index is 837. The smallest absolute Gasteiger partial charge is 0.270 e. The molecule has 2 rings (SSSR count). The zero-order chi connectivity index (χ0) is 18.9. The van der Waals surface area contributed by atoms with Crippen LogP contribution in [0.1, 0.15) is 18.4 Å². The summed E-state index contributed by atoms with van der Waals surface area (Å²) in [6.07, 6.45) is 1.27. The first kappa shape index (κ1) is 19.3. The van der Waals surface area contributed by atoms with Gasteiger partial charge in [-0.15, -0.1) is 0 Å². The lowest BCUT2D eigenvalue weighted by molar-refractivity contribution is -0.384. The van der Waals surface area contributed by atoms with Crippen molar-refractivity contribution < 1.29 is 14.5 Å². The summed E-state index contributed by atoms with van der Waals surface area (Å²) in [4.78, 5) is 33.7. The number of rotatable bonds is 7. The van der Waals surface area contributed by atoms with Crippen LogP contribution in [0.25, 0.3) is 0 Å². The molecule has 0 heterocycles. The molecule has 0 aliphatic heterocycles. The molecule has 26 heavy (non-hydrogen) atoms. The van der Waals surface area contributed by atoms with Crippen LogP contribution >= 0.6 is 15.9 Å². The molecule has 0 fully saturated rings. The number of nitrogens with zero attached hydrogens (tertiary/aromatic N) is 2. The number of non-ortho nitro benzene ring substituents is 1. The number of nitro benzene ring substituents is 1. The van der Waals surface area contributed by atoms with Crippen molar-refractivity contribution >= 4 is 45.3 Å². The number of hydrazone groups is 1. The lowest BCUT2D eigenvalue weighted by Crippen LogP contribution is -2.20. The SMILES string of the molecule is O=C(CCC(=O)Nc1ccc(Br)cc1)N/N=C/c1cccc([N+](=O)[O-])c1. The van der Waals surface area contributed by atoms with Gasteiger partial charge in [0.25, 0.3) is 5.69 Å². The molecule has 0 spiro atoms. The van der Waals surface area contributed by atoms with Gasteiger partial charge in [0.1, 0.15) is 0 Å². The highest BCUT2D eigenvalue weighted by Gasteiger charge is 2.07. The summed E-state index contributed by atoms with van der Waals surface area (Å²) in [6, 6.07) is 12.9. The maximum Gasteiger partial charge on any atom is 0.270 e. The fourth-order valence-electron chi connectivity index (χ4n) is 1.94. The van der Waals surface area contributed by atoms with Gasteiger partial charge < -0.3 is 5.32 Å². The zero-order valence-corrected chi connectivity index (χ0v) is 15.1. The molecule has 2 aromatic carbocycles. The van der Waals surface area contributed by atoms with E-state index in [1.165, 1.54) is 24.4 Å². The van der Waals surface area contributed by atoms with Crippen LogP contribution in [0.5, 0.6) is 0 Å². The maximum absolute atomic E-state index is 11.8. The number of carbonyl (C=O) groups is 2. The molecule has 134 valence electrons. The van der Waals surface area contributed by atoms with Crippen LogP contribution in [0.15, 0.2) is 58.1 Å². The molecule has 0 atom stereocenters. The Morgan fingerprint density at radius 2 is 1.81 bits per heavy atom. The van der Waals surface area contributed by atoms with E-state index in [1.54, 1.807) is 30.3 Å². The monoisotopic (exact) mass is 418 g/mol. The second kappa shape index (κ2) is 9.42. The minimum Gasteiger partial charge on any atom is -0.326 e. The number of hydrogen-bond acceptors (Lipinski definition) is 5. The standard InChI is InChI=1S/C17H15BrN4O4/c18-13-4-6-14(7-5-13)20-16(23)8-9-17(24)21-19-11-12-2-1-3-15(10-12)22(25)26/h1-7,10-11H,8-9H2,(H,20,23)(H,21,24)/b19-11+. The van der Waals surface area contributed by atoms with E-state index in [9.17, 15) is 19.7 Å². The fraction of sp³-hybridized carbons (Fsp3) is 0.118. The number of nitrogens with one attached hydrogen (secondary N) is 2. The minimum atomic E-state index is -0.514. The second-order valence-electron chi connectivity index (χ2n) is 5.20. The van der Waals surface area contributed by atoms with E-state index < -0.39 is 10.8 Å². The van der Waals surface area contributed by atoms with Crippen molar-refractivity contribution in [3.8, 4) is 0 Å². The van der Waals surface area contributed by atoms with Crippen molar-refractivity contribution in [2.45, 2.75) is 12.8 Å². The van der Waals surface area contributed by atoms with E-state index in [1.807, 2.05) is 0 Å². The van der Waals surface area contributed by atoms with Gasteiger partial charge in [-0.2, -0.15) is 5.10 Å². The lowest BCUT2D eigenvalue weighted by Gasteiger charge is -2.04. The number of halogens is 1. The Morgan fingerprint density at radius 1 is 1.12 bits per heavy atom. The molecule has 9 heteroatoms. The predicted molar refractivity (Wildman–Crippen MR) is 101 cm³/mol. The van der Waals surface area contributed by atoms with E-state index in [-0.39, 0.29) is 24.4 Å². The summed E-state index contributed by atoms with van der Waals surface area (Å²) in [7, 11) is 0. The molecule has 2 aromatic rings. The average Bonchev–Trinajstić information content (AvgIpc) is 2.62. The number of hydrogen-bond donors (Lipinski definition) is 2. The van der Waals surface area contributed by atoms with E-state index in [0.29, 0.717) is 11.3 Å². The van der Waals surface area contributed by atoms with Crippen LogP contribution < -0.4 is 10.7 Å². The average molecular weight is 419 g/mol. The van der Waals surface area contributed by atoms with Gasteiger partial charge in [0.05, 0.1) is 11.1 Å². The fourth-order valence-corrected chi connectivity index (χ4v) is 2.20. The summed E-state index contributed by atoms with van der Waals surface area (Å²) in [6.45, 7) is 0. The molecule has 0 radical (unpaired) electrons. The van der Waals surface area contributed by atoms with Crippen LogP contribution in [-0.4, -0.2) is 23.0 Å². The van der Waals surface area contributed by atoms with Crippen molar-refractivity contribution in [1.82, 2.24) is 5.43 Å². The molecule has 0 aromatic heterocycles. The molecule has 0 aliphatic carbocycles. The van der Waals surface area contributed by atoms with E-state index in [0.717, 1.165) is 4.47 Å². The highest BCUT2D eigenvalue weighted by atomic mass is 79.9. The summed E-state index contributed by atoms with van der Waals surface area (Å²) in [5.41, 5.74) is 3.34. The van der Waals surface area contributed by atoms with Crippen molar-refractivity contribution in [2.75, 3.05) is 5.32 Å². The molecular formula is C17H15BrN4O4. The molecule has 2 amide bonds. The van der Waals surface area contributed by atoms with Crippen LogP contribution in [0.4, 0.5) is 11.4 Å². The molecule has 0 saturated carbocycles. The summed E-state index contributed by atoms with van der Waals surface area (Å²) < 4.78 is 0.900. The Hall–Kier alpha value is -3.07. The third kappa shape index (κ3) is 6.44. The highest BCUT2D eigenvalue weighted by molar-refractivity contribution is 9.10. The van der Waals surface area contributed by atoms with E-state index in [2.05, 4.69) is 31.8 Å². The summed E-state index contributed by atoms with van der Waals surface area (Å²) in [5, 5.41) is 17.1. The van der Waals surface area contributed by atoms with Crippen LogP contribution in [-0.2, 0) is 9.59 Å². The van der Waals surface area contributed by atoms with E-state index in [4.69, 9.17) is 0 Å². The van der Waals surface area contributed by atoms with E-state index >= 15 is 0 Å². The van der Waals surface area contributed by atoms with Gasteiger partial charge >= 0.3 is 0 Å². The number of nitro groups is 1. The van der Waals surface area contributed by atoms with Crippen molar-refractivity contribution in [2.24, 2.45) is 5.10 Å². The zero-order valence-electron chi connectivity index (χ0n) is 13.5. The van der Waals surface area contributed by atoms with Crippen LogP contribution in [0.2, 0.25) is 0 Å². The Labute approximate surface area is 157 Å². The first-order valence-electron chi connectivity index (χ1n) is 7.56. The first-order valence-corrected chi connectivity index (χ1v) is 8.35. The van der Waals surface area contributed by atoms with Gasteiger partial charge in [-0.3, -0.25) is 19.7 Å². The van der Waals surface area contributed by atoms with Gasteiger partial charge in [0.2, 0.25) is 11.8 Å². The maximum atomic E-state index is 11.8. The number of carbonyl (C=O) groups excluding carboxylic acids is 2. The van der Waals surface area contributed by atoms with Crippen molar-refractivity contribution in [3.63, 3.8) is 0 Å². The third-order valence-electron chi connectivity index (χ3n) is 3.19. The molecule has 8 nitrogen and oxygen atoms in total. The van der Waals surface area contributed by atoms with Gasteiger partial charge in [-0.05, 0) is 24.3 Å². The summed E-state index contributed by atoms with van der Waals surface area (Å²) >= 11 is 3.30. The second-order valence-corrected chi connectivity index (χ2v) is 6.12. The molecule has 0 aliphatic rings. The van der Waals surface area contributed by atoms with Gasteiger partial charge in [-0.1, -0.05) is 28.1 Å². The Balaban J connectivity index is 1.76.